The molecule has 0 aliphatic carbocycles. The van der Waals surface area contributed by atoms with Gasteiger partial charge in [-0.3, -0.25) is 9.59 Å². The van der Waals surface area contributed by atoms with E-state index >= 15 is 0 Å². The Hall–Kier alpha value is -2.15. The van der Waals surface area contributed by atoms with Crippen molar-refractivity contribution >= 4 is 17.6 Å². The molecule has 2 amide bonds. The van der Waals surface area contributed by atoms with E-state index in [9.17, 15) is 9.59 Å². The maximum absolute atomic E-state index is 12.0. The van der Waals surface area contributed by atoms with Crippen LogP contribution in [0.15, 0.2) is 12.1 Å². The predicted octanol–water partition coefficient (Wildman–Crippen LogP) is 0.357. The Bertz CT molecular complexity index is 488. The topological polar surface area (TPSA) is 109 Å². The summed E-state index contributed by atoms with van der Waals surface area (Å²) in [5.74, 6) is 5.64. The number of hydrogen-bond acceptors (Lipinski definition) is 5. The second-order valence-corrected chi connectivity index (χ2v) is 4.70. The molecule has 0 saturated heterocycles. The summed E-state index contributed by atoms with van der Waals surface area (Å²) in [6.07, 6.45) is 0. The summed E-state index contributed by atoms with van der Waals surface area (Å²) in [6.45, 7) is 6.16. The molecule has 0 aliphatic heterocycles. The number of pyridine rings is 1. The Balaban J connectivity index is 2.71. The van der Waals surface area contributed by atoms with Gasteiger partial charge in [0.2, 0.25) is 5.91 Å². The fraction of sp³-hybridized carbons (Fsp3) is 0.462. The van der Waals surface area contributed by atoms with Crippen LogP contribution in [-0.2, 0) is 4.79 Å². The van der Waals surface area contributed by atoms with Gasteiger partial charge < -0.3 is 16.1 Å². The first-order chi connectivity index (χ1) is 9.43. The van der Waals surface area contributed by atoms with Crippen molar-refractivity contribution in [3.8, 4) is 0 Å². The summed E-state index contributed by atoms with van der Waals surface area (Å²) in [5, 5.41) is 5.33. The lowest BCUT2D eigenvalue weighted by atomic mass is 10.1. The van der Waals surface area contributed by atoms with E-state index in [1.807, 2.05) is 13.8 Å². The van der Waals surface area contributed by atoms with Gasteiger partial charge in [-0.25, -0.2) is 10.8 Å². The van der Waals surface area contributed by atoms with E-state index in [1.165, 1.54) is 6.92 Å². The summed E-state index contributed by atoms with van der Waals surface area (Å²) >= 11 is 0. The number of nitrogens with one attached hydrogen (secondary N) is 3. The molecule has 7 nitrogen and oxygen atoms in total. The maximum atomic E-state index is 12.0. The molecule has 0 saturated carbocycles. The number of amides is 2. The lowest BCUT2D eigenvalue weighted by Crippen LogP contribution is -2.33. The highest BCUT2D eigenvalue weighted by atomic mass is 16.2. The maximum Gasteiger partial charge on any atom is 0.251 e. The fourth-order valence-corrected chi connectivity index (χ4v) is 1.57. The van der Waals surface area contributed by atoms with Crippen LogP contribution in [0, 0.1) is 0 Å². The minimum absolute atomic E-state index is 0.125. The summed E-state index contributed by atoms with van der Waals surface area (Å²) in [6, 6.07) is 3.32. The predicted molar refractivity (Wildman–Crippen MR) is 77.2 cm³/mol. The van der Waals surface area contributed by atoms with E-state index in [0.717, 1.165) is 5.69 Å². The average Bonchev–Trinajstić information content (AvgIpc) is 2.42. The first-order valence-electron chi connectivity index (χ1n) is 6.45. The molecule has 1 rings (SSSR count). The zero-order chi connectivity index (χ0) is 15.1. The molecular weight excluding hydrogens is 258 g/mol. The number of carbonyl (C=O) groups excluding carboxylic acids is 2. The standard InChI is InChI=1S/C13H21N5O2/c1-8(2)11-6-10(7-12(17-11)18-14)13(20)16-5-4-15-9(3)19/h6-8H,4-5,14H2,1-3H3,(H,15,19)(H,16,20)(H,17,18). The number of hydrazine groups is 1. The molecule has 0 bridgehead atoms. The number of hydrogen-bond donors (Lipinski definition) is 4. The SMILES string of the molecule is CC(=O)NCCNC(=O)c1cc(NN)nc(C(C)C)c1. The summed E-state index contributed by atoms with van der Waals surface area (Å²) in [5.41, 5.74) is 3.72. The van der Waals surface area contributed by atoms with E-state index < -0.39 is 0 Å². The van der Waals surface area contributed by atoms with Gasteiger partial charge in [0.25, 0.3) is 5.91 Å². The van der Waals surface area contributed by atoms with Crippen LogP contribution >= 0.6 is 0 Å². The number of nitrogen functional groups attached to an aromatic ring is 1. The Morgan fingerprint density at radius 3 is 2.45 bits per heavy atom. The van der Waals surface area contributed by atoms with Gasteiger partial charge in [-0.15, -0.1) is 0 Å². The van der Waals surface area contributed by atoms with Gasteiger partial charge in [-0.1, -0.05) is 13.8 Å². The van der Waals surface area contributed by atoms with Crippen molar-refractivity contribution in [2.75, 3.05) is 18.5 Å². The van der Waals surface area contributed by atoms with Crippen molar-refractivity contribution in [3.05, 3.63) is 23.4 Å². The van der Waals surface area contributed by atoms with Crippen LogP contribution in [0.1, 0.15) is 42.7 Å². The van der Waals surface area contributed by atoms with Crippen LogP contribution < -0.4 is 21.9 Å². The molecule has 1 aromatic rings. The van der Waals surface area contributed by atoms with Gasteiger partial charge >= 0.3 is 0 Å². The van der Waals surface area contributed by atoms with Gasteiger partial charge in [0, 0.05) is 31.3 Å². The molecule has 0 radical (unpaired) electrons. The van der Waals surface area contributed by atoms with Crippen LogP contribution in [-0.4, -0.2) is 29.9 Å². The molecule has 7 heteroatoms. The second kappa shape index (κ2) is 7.44. The van der Waals surface area contributed by atoms with Crippen molar-refractivity contribution in [2.45, 2.75) is 26.7 Å². The van der Waals surface area contributed by atoms with Gasteiger partial charge in [-0.2, -0.15) is 0 Å². The van der Waals surface area contributed by atoms with E-state index in [1.54, 1.807) is 12.1 Å². The van der Waals surface area contributed by atoms with E-state index in [0.29, 0.717) is 24.5 Å². The molecule has 1 heterocycles. The van der Waals surface area contributed by atoms with E-state index in [4.69, 9.17) is 5.84 Å². The molecule has 20 heavy (non-hydrogen) atoms. The van der Waals surface area contributed by atoms with Crippen molar-refractivity contribution in [1.29, 1.82) is 0 Å². The van der Waals surface area contributed by atoms with Crippen molar-refractivity contribution in [3.63, 3.8) is 0 Å². The van der Waals surface area contributed by atoms with Crippen LogP contribution in [0.3, 0.4) is 0 Å². The van der Waals surface area contributed by atoms with Crippen LogP contribution in [0.2, 0.25) is 0 Å². The van der Waals surface area contributed by atoms with Crippen molar-refractivity contribution in [1.82, 2.24) is 15.6 Å². The normalized spacial score (nSPS) is 10.2. The fourth-order valence-electron chi connectivity index (χ4n) is 1.57. The van der Waals surface area contributed by atoms with Gasteiger partial charge in [0.15, 0.2) is 0 Å². The van der Waals surface area contributed by atoms with Crippen LogP contribution in [0.4, 0.5) is 5.82 Å². The third kappa shape index (κ3) is 4.85. The van der Waals surface area contributed by atoms with Crippen LogP contribution in [0.5, 0.6) is 0 Å². The van der Waals surface area contributed by atoms with Crippen LogP contribution in [0.25, 0.3) is 0 Å². The first kappa shape index (κ1) is 15.9. The molecule has 110 valence electrons. The molecule has 0 aromatic carbocycles. The van der Waals surface area contributed by atoms with Crippen molar-refractivity contribution < 1.29 is 9.59 Å². The molecule has 0 fully saturated rings. The third-order valence-corrected chi connectivity index (χ3v) is 2.63. The van der Waals surface area contributed by atoms with E-state index in [2.05, 4.69) is 21.0 Å². The molecule has 0 atom stereocenters. The zero-order valence-electron chi connectivity index (χ0n) is 12.0. The largest absolute Gasteiger partial charge is 0.355 e. The Labute approximate surface area is 118 Å². The summed E-state index contributed by atoms with van der Waals surface area (Å²) < 4.78 is 0. The molecule has 5 N–H and O–H groups in total. The molecule has 0 spiro atoms. The summed E-state index contributed by atoms with van der Waals surface area (Å²) in [7, 11) is 0. The van der Waals surface area contributed by atoms with Gasteiger partial charge in [-0.05, 0) is 18.1 Å². The minimum Gasteiger partial charge on any atom is -0.355 e. The van der Waals surface area contributed by atoms with Gasteiger partial charge in [0.05, 0.1) is 0 Å². The first-order valence-corrected chi connectivity index (χ1v) is 6.45. The van der Waals surface area contributed by atoms with Crippen molar-refractivity contribution in [2.24, 2.45) is 5.84 Å². The second-order valence-electron chi connectivity index (χ2n) is 4.70. The van der Waals surface area contributed by atoms with Gasteiger partial charge in [0.1, 0.15) is 5.82 Å². The number of carbonyl (C=O) groups is 2. The molecular formula is C13H21N5O2. The number of anilines is 1. The minimum atomic E-state index is -0.226. The highest BCUT2D eigenvalue weighted by Gasteiger charge is 2.11. The molecule has 0 aliphatic rings. The zero-order valence-corrected chi connectivity index (χ0v) is 12.0. The Morgan fingerprint density at radius 2 is 1.90 bits per heavy atom. The van der Waals surface area contributed by atoms with E-state index in [-0.39, 0.29) is 17.7 Å². The Morgan fingerprint density at radius 1 is 1.25 bits per heavy atom. The molecule has 0 unspecified atom stereocenters. The lowest BCUT2D eigenvalue weighted by Gasteiger charge is -2.11. The highest BCUT2D eigenvalue weighted by molar-refractivity contribution is 5.95. The lowest BCUT2D eigenvalue weighted by molar-refractivity contribution is -0.118. The average molecular weight is 279 g/mol. The smallest absolute Gasteiger partial charge is 0.251 e. The number of aromatic nitrogens is 1. The highest BCUT2D eigenvalue weighted by Crippen LogP contribution is 2.17. The quantitative estimate of drug-likeness (QED) is 0.341. The number of rotatable bonds is 6. The number of nitrogens with zero attached hydrogens (tertiary/aromatic N) is 1. The molecule has 1 aromatic heterocycles. The third-order valence-electron chi connectivity index (χ3n) is 2.63. The monoisotopic (exact) mass is 279 g/mol. The summed E-state index contributed by atoms with van der Waals surface area (Å²) in [4.78, 5) is 27.0. The number of nitrogens with two attached hydrogens (primary N) is 1. The Kier molecular flexibility index (Phi) is 5.92.